The summed E-state index contributed by atoms with van der Waals surface area (Å²) in [5.41, 5.74) is 13.9. The van der Waals surface area contributed by atoms with Crippen molar-refractivity contribution in [2.75, 3.05) is 24.6 Å². The molecule has 0 radical (unpaired) electrons. The van der Waals surface area contributed by atoms with E-state index in [4.69, 9.17) is 5.73 Å². The molecule has 0 aromatic heterocycles. The summed E-state index contributed by atoms with van der Waals surface area (Å²) >= 11 is 0. The van der Waals surface area contributed by atoms with Crippen LogP contribution in [0.1, 0.15) is 103 Å². The van der Waals surface area contributed by atoms with E-state index in [1.165, 1.54) is 42.4 Å². The normalized spacial score (nSPS) is 9.86. The zero-order chi connectivity index (χ0) is 27.3. The Hall–Kier alpha value is -2.68. The van der Waals surface area contributed by atoms with E-state index in [0.29, 0.717) is 0 Å². The summed E-state index contributed by atoms with van der Waals surface area (Å²) in [6.45, 7) is 22.0. The number of nitrogens with zero attached hydrogens (tertiary/aromatic N) is 1. The SMILES string of the molecule is C=C(CCCCCN(C)C(=C)c1ccc(C)cc1)Nc1ccc(CCCCC)cc1N.CC.CCC. The molecule has 2 aromatic rings. The lowest BCUT2D eigenvalue weighted by Crippen LogP contribution is -2.17. The van der Waals surface area contributed by atoms with Gasteiger partial charge < -0.3 is 16.0 Å². The third-order valence-electron chi connectivity index (χ3n) is 5.81. The molecule has 2 aromatic carbocycles. The summed E-state index contributed by atoms with van der Waals surface area (Å²) in [4.78, 5) is 2.25. The van der Waals surface area contributed by atoms with Crippen molar-refractivity contribution in [1.82, 2.24) is 4.90 Å². The van der Waals surface area contributed by atoms with Crippen LogP contribution in [0, 0.1) is 6.92 Å². The van der Waals surface area contributed by atoms with E-state index in [1.54, 1.807) is 0 Å². The minimum absolute atomic E-state index is 0.811. The number of allylic oxidation sites excluding steroid dienone is 1. The van der Waals surface area contributed by atoms with Gasteiger partial charge in [0.1, 0.15) is 0 Å². The van der Waals surface area contributed by atoms with E-state index in [9.17, 15) is 0 Å². The van der Waals surface area contributed by atoms with Gasteiger partial charge in [-0.15, -0.1) is 0 Å². The molecule has 0 spiro atoms. The van der Waals surface area contributed by atoms with Crippen molar-refractivity contribution in [3.05, 3.63) is 78.0 Å². The monoisotopic (exact) mass is 493 g/mol. The van der Waals surface area contributed by atoms with Gasteiger partial charge in [0, 0.05) is 25.0 Å². The van der Waals surface area contributed by atoms with Crippen LogP contribution >= 0.6 is 0 Å². The van der Waals surface area contributed by atoms with Crippen molar-refractivity contribution in [3.63, 3.8) is 0 Å². The number of unbranched alkanes of at least 4 members (excludes halogenated alkanes) is 4. The molecule has 3 nitrogen and oxygen atoms in total. The molecule has 0 atom stereocenters. The molecule has 0 saturated heterocycles. The highest BCUT2D eigenvalue weighted by atomic mass is 15.1. The van der Waals surface area contributed by atoms with Gasteiger partial charge in [0.15, 0.2) is 0 Å². The van der Waals surface area contributed by atoms with Crippen molar-refractivity contribution in [3.8, 4) is 0 Å². The maximum Gasteiger partial charge on any atom is 0.0615 e. The second-order valence-corrected chi connectivity index (χ2v) is 9.36. The number of hydrogen-bond acceptors (Lipinski definition) is 3. The number of hydrogen-bond donors (Lipinski definition) is 2. The highest BCUT2D eigenvalue weighted by Gasteiger charge is 2.06. The standard InChI is InChI=1S/C28H41N3.C3H8.C2H6/c1-6-7-9-13-25-16-19-28(27(29)21-25)30-23(3)12-10-8-11-20-31(5)24(4)26-17-14-22(2)15-18-26;1-3-2;1-2/h14-19,21,30H,3-4,6-13,20,29H2,1-2,5H3;3H2,1-2H3;1-2H3. The quantitative estimate of drug-likeness (QED) is 0.203. The molecule has 202 valence electrons. The summed E-state index contributed by atoms with van der Waals surface area (Å²) in [7, 11) is 2.12. The van der Waals surface area contributed by atoms with Crippen LogP contribution in [0.3, 0.4) is 0 Å². The van der Waals surface area contributed by atoms with E-state index in [-0.39, 0.29) is 0 Å². The molecular formula is C33H55N3. The zero-order valence-electron chi connectivity index (χ0n) is 24.6. The minimum atomic E-state index is 0.811. The molecule has 0 aliphatic heterocycles. The second-order valence-electron chi connectivity index (χ2n) is 9.36. The molecule has 3 N–H and O–H groups in total. The molecule has 0 aliphatic carbocycles. The molecule has 0 heterocycles. The number of rotatable bonds is 14. The number of anilines is 2. The van der Waals surface area contributed by atoms with Gasteiger partial charge in [-0.1, -0.05) is 109 Å². The zero-order valence-corrected chi connectivity index (χ0v) is 24.6. The fraction of sp³-hybridized carbons (Fsp3) is 0.515. The summed E-state index contributed by atoms with van der Waals surface area (Å²) in [5, 5.41) is 3.40. The number of nitrogens with two attached hydrogens (primary N) is 1. The van der Waals surface area contributed by atoms with Crippen molar-refractivity contribution in [1.29, 1.82) is 0 Å². The Balaban J connectivity index is 0.00000227. The first-order chi connectivity index (χ1) is 17.3. The summed E-state index contributed by atoms with van der Waals surface area (Å²) in [6.07, 6.45) is 10.5. The maximum atomic E-state index is 6.25. The molecule has 2 rings (SSSR count). The number of benzene rings is 2. The van der Waals surface area contributed by atoms with Crippen LogP contribution in [0.5, 0.6) is 0 Å². The Morgan fingerprint density at radius 3 is 2.11 bits per heavy atom. The third kappa shape index (κ3) is 14.0. The molecule has 0 saturated carbocycles. The Labute approximate surface area is 223 Å². The maximum absolute atomic E-state index is 6.25. The van der Waals surface area contributed by atoms with Gasteiger partial charge in [-0.25, -0.2) is 0 Å². The van der Waals surface area contributed by atoms with Gasteiger partial charge in [-0.2, -0.15) is 0 Å². The molecule has 0 fully saturated rings. The molecule has 0 aliphatic rings. The predicted molar refractivity (Wildman–Crippen MR) is 165 cm³/mol. The lowest BCUT2D eigenvalue weighted by molar-refractivity contribution is 0.453. The lowest BCUT2D eigenvalue weighted by Gasteiger charge is -2.22. The van der Waals surface area contributed by atoms with Crippen LogP contribution in [0.2, 0.25) is 0 Å². The topological polar surface area (TPSA) is 41.3 Å². The number of nitrogen functional groups attached to an aromatic ring is 1. The van der Waals surface area contributed by atoms with Crippen LogP contribution in [-0.4, -0.2) is 18.5 Å². The molecule has 0 amide bonds. The van der Waals surface area contributed by atoms with Crippen molar-refractivity contribution in [2.24, 2.45) is 0 Å². The van der Waals surface area contributed by atoms with Crippen molar-refractivity contribution >= 4 is 17.1 Å². The van der Waals surface area contributed by atoms with Gasteiger partial charge in [-0.05, 0) is 62.3 Å². The van der Waals surface area contributed by atoms with Crippen LogP contribution in [0.4, 0.5) is 11.4 Å². The highest BCUT2D eigenvalue weighted by Crippen LogP contribution is 2.24. The second kappa shape index (κ2) is 20.5. The lowest BCUT2D eigenvalue weighted by atomic mass is 10.1. The summed E-state index contributed by atoms with van der Waals surface area (Å²) < 4.78 is 0. The predicted octanol–water partition coefficient (Wildman–Crippen LogP) is 9.84. The fourth-order valence-electron chi connectivity index (χ4n) is 3.68. The van der Waals surface area contributed by atoms with Gasteiger partial charge in [0.05, 0.1) is 11.4 Å². The molecular weight excluding hydrogens is 438 g/mol. The molecule has 36 heavy (non-hydrogen) atoms. The Kier molecular flexibility index (Phi) is 19.0. The summed E-state index contributed by atoms with van der Waals surface area (Å²) in [6, 6.07) is 14.9. The van der Waals surface area contributed by atoms with Crippen LogP contribution in [-0.2, 0) is 6.42 Å². The number of nitrogens with one attached hydrogen (secondary N) is 1. The third-order valence-corrected chi connectivity index (χ3v) is 5.81. The van der Waals surface area contributed by atoms with Gasteiger partial charge in [-0.3, -0.25) is 0 Å². The smallest absolute Gasteiger partial charge is 0.0615 e. The Morgan fingerprint density at radius 2 is 1.53 bits per heavy atom. The van der Waals surface area contributed by atoms with Crippen LogP contribution in [0.25, 0.3) is 5.70 Å². The molecule has 0 unspecified atom stereocenters. The Bertz CT molecular complexity index is 852. The summed E-state index contributed by atoms with van der Waals surface area (Å²) in [5.74, 6) is 0. The van der Waals surface area contributed by atoms with E-state index >= 15 is 0 Å². The minimum Gasteiger partial charge on any atom is -0.397 e. The van der Waals surface area contributed by atoms with E-state index in [2.05, 4.69) is 101 Å². The average Bonchev–Trinajstić information content (AvgIpc) is 2.87. The van der Waals surface area contributed by atoms with E-state index in [1.807, 2.05) is 13.8 Å². The first kappa shape index (κ1) is 33.3. The van der Waals surface area contributed by atoms with Gasteiger partial charge in [0.25, 0.3) is 0 Å². The first-order valence-corrected chi connectivity index (χ1v) is 14.1. The fourth-order valence-corrected chi connectivity index (χ4v) is 3.68. The number of aryl methyl sites for hydroxylation is 2. The van der Waals surface area contributed by atoms with Gasteiger partial charge in [0.2, 0.25) is 0 Å². The Morgan fingerprint density at radius 1 is 0.889 bits per heavy atom. The van der Waals surface area contributed by atoms with Crippen molar-refractivity contribution < 1.29 is 0 Å². The highest BCUT2D eigenvalue weighted by molar-refractivity contribution is 5.68. The molecule has 3 heteroatoms. The van der Waals surface area contributed by atoms with E-state index < -0.39 is 0 Å². The largest absolute Gasteiger partial charge is 0.397 e. The average molecular weight is 494 g/mol. The molecule has 0 bridgehead atoms. The van der Waals surface area contributed by atoms with Crippen LogP contribution in [0.15, 0.2) is 61.3 Å². The van der Waals surface area contributed by atoms with Gasteiger partial charge >= 0.3 is 0 Å². The first-order valence-electron chi connectivity index (χ1n) is 14.1. The van der Waals surface area contributed by atoms with Crippen LogP contribution < -0.4 is 11.1 Å². The van der Waals surface area contributed by atoms with Crippen molar-refractivity contribution in [2.45, 2.75) is 99.3 Å². The van der Waals surface area contributed by atoms with E-state index in [0.717, 1.165) is 61.4 Å².